The van der Waals surface area contributed by atoms with E-state index in [4.69, 9.17) is 0 Å². The summed E-state index contributed by atoms with van der Waals surface area (Å²) < 4.78 is 0. The summed E-state index contributed by atoms with van der Waals surface area (Å²) >= 11 is 2.07. The molecule has 0 bridgehead atoms. The van der Waals surface area contributed by atoms with Gasteiger partial charge in [0.1, 0.15) is 0 Å². The van der Waals surface area contributed by atoms with Crippen molar-refractivity contribution < 1.29 is 0 Å². The third kappa shape index (κ3) is 4.46. The van der Waals surface area contributed by atoms with Crippen molar-refractivity contribution >= 4 is 11.8 Å². The van der Waals surface area contributed by atoms with Crippen LogP contribution in [-0.2, 0) is 0 Å². The van der Waals surface area contributed by atoms with E-state index in [9.17, 15) is 0 Å². The molecule has 3 atom stereocenters. The lowest BCUT2D eigenvalue weighted by atomic mass is 9.97. The molecule has 0 amide bonds. The van der Waals surface area contributed by atoms with Gasteiger partial charge in [-0.1, -0.05) is 27.7 Å². The minimum absolute atomic E-state index is 0.673. The van der Waals surface area contributed by atoms with Gasteiger partial charge < -0.3 is 5.32 Å². The van der Waals surface area contributed by atoms with Crippen LogP contribution in [0.25, 0.3) is 0 Å². The van der Waals surface area contributed by atoms with Gasteiger partial charge in [-0.25, -0.2) is 0 Å². The van der Waals surface area contributed by atoms with Crippen molar-refractivity contribution in [3.63, 3.8) is 0 Å². The van der Waals surface area contributed by atoms with Crippen molar-refractivity contribution in [3.8, 4) is 0 Å². The van der Waals surface area contributed by atoms with Crippen molar-refractivity contribution in [2.24, 2.45) is 5.92 Å². The van der Waals surface area contributed by atoms with Crippen LogP contribution in [0.2, 0.25) is 0 Å². The van der Waals surface area contributed by atoms with Crippen LogP contribution in [0.5, 0.6) is 0 Å². The number of nitrogens with zero attached hydrogens (tertiary/aromatic N) is 1. The van der Waals surface area contributed by atoms with E-state index in [0.29, 0.717) is 12.1 Å². The molecule has 2 nitrogen and oxygen atoms in total. The number of hydrogen-bond donors (Lipinski definition) is 1. The van der Waals surface area contributed by atoms with E-state index in [1.165, 1.54) is 31.0 Å². The van der Waals surface area contributed by atoms with Crippen molar-refractivity contribution in [1.82, 2.24) is 10.2 Å². The SMILES string of the molecule is CCSCC(C)N1CC(C(C)C)NCC1CC. The smallest absolute Gasteiger partial charge is 0.0221 e. The highest BCUT2D eigenvalue weighted by Crippen LogP contribution is 2.19. The normalized spacial score (nSPS) is 28.6. The van der Waals surface area contributed by atoms with Gasteiger partial charge in [0.15, 0.2) is 0 Å². The van der Waals surface area contributed by atoms with Crippen LogP contribution in [0.4, 0.5) is 0 Å². The van der Waals surface area contributed by atoms with E-state index in [0.717, 1.165) is 12.0 Å². The number of hydrogen-bond acceptors (Lipinski definition) is 3. The third-order valence-electron chi connectivity index (χ3n) is 3.90. The Kier molecular flexibility index (Phi) is 6.90. The topological polar surface area (TPSA) is 15.3 Å². The molecule has 1 aliphatic rings. The largest absolute Gasteiger partial charge is 0.311 e. The summed E-state index contributed by atoms with van der Waals surface area (Å²) in [5, 5.41) is 3.71. The maximum absolute atomic E-state index is 3.71. The number of nitrogens with one attached hydrogen (secondary N) is 1. The van der Waals surface area contributed by atoms with Gasteiger partial charge in [-0.05, 0) is 25.0 Å². The van der Waals surface area contributed by atoms with E-state index in [2.05, 4.69) is 56.6 Å². The summed E-state index contributed by atoms with van der Waals surface area (Å²) in [6.07, 6.45) is 1.26. The van der Waals surface area contributed by atoms with E-state index in [-0.39, 0.29) is 0 Å². The molecule has 17 heavy (non-hydrogen) atoms. The van der Waals surface area contributed by atoms with Gasteiger partial charge in [0.2, 0.25) is 0 Å². The molecule has 1 saturated heterocycles. The molecule has 0 aromatic rings. The quantitative estimate of drug-likeness (QED) is 0.789. The number of rotatable bonds is 6. The van der Waals surface area contributed by atoms with Gasteiger partial charge in [-0.2, -0.15) is 11.8 Å². The number of piperazine rings is 1. The Labute approximate surface area is 112 Å². The molecule has 3 unspecified atom stereocenters. The first kappa shape index (κ1) is 15.3. The summed E-state index contributed by atoms with van der Waals surface area (Å²) in [6, 6.07) is 2.12. The zero-order valence-electron chi connectivity index (χ0n) is 12.2. The van der Waals surface area contributed by atoms with Gasteiger partial charge in [-0.15, -0.1) is 0 Å². The van der Waals surface area contributed by atoms with Gasteiger partial charge in [-0.3, -0.25) is 4.90 Å². The van der Waals surface area contributed by atoms with Crippen molar-refractivity contribution in [2.45, 2.75) is 59.2 Å². The summed E-state index contributed by atoms with van der Waals surface area (Å²) in [5.41, 5.74) is 0. The minimum atomic E-state index is 0.673. The fourth-order valence-electron chi connectivity index (χ4n) is 2.59. The molecular weight excluding hydrogens is 228 g/mol. The maximum Gasteiger partial charge on any atom is 0.0221 e. The predicted molar refractivity (Wildman–Crippen MR) is 79.9 cm³/mol. The molecule has 3 heteroatoms. The first-order valence-electron chi connectivity index (χ1n) is 7.16. The summed E-state index contributed by atoms with van der Waals surface area (Å²) in [5.74, 6) is 3.25. The van der Waals surface area contributed by atoms with Crippen LogP contribution in [0.3, 0.4) is 0 Å². The highest BCUT2D eigenvalue weighted by molar-refractivity contribution is 7.99. The van der Waals surface area contributed by atoms with E-state index < -0.39 is 0 Å². The van der Waals surface area contributed by atoms with Crippen LogP contribution in [0.1, 0.15) is 41.0 Å². The molecule has 1 fully saturated rings. The fourth-order valence-corrected chi connectivity index (χ4v) is 3.36. The highest BCUT2D eigenvalue weighted by Gasteiger charge is 2.30. The first-order chi connectivity index (χ1) is 8.10. The van der Waals surface area contributed by atoms with Crippen LogP contribution >= 0.6 is 11.8 Å². The van der Waals surface area contributed by atoms with Crippen molar-refractivity contribution in [2.75, 3.05) is 24.6 Å². The van der Waals surface area contributed by atoms with Gasteiger partial charge >= 0.3 is 0 Å². The van der Waals surface area contributed by atoms with Crippen LogP contribution < -0.4 is 5.32 Å². The van der Waals surface area contributed by atoms with Gasteiger partial charge in [0.25, 0.3) is 0 Å². The van der Waals surface area contributed by atoms with Crippen molar-refractivity contribution in [1.29, 1.82) is 0 Å². The number of thioether (sulfide) groups is 1. The molecule has 0 saturated carbocycles. The Hall–Kier alpha value is 0.270. The summed E-state index contributed by atoms with van der Waals surface area (Å²) in [4.78, 5) is 2.74. The molecule has 0 aromatic heterocycles. The molecule has 0 aliphatic carbocycles. The second-order valence-corrected chi connectivity index (χ2v) is 6.85. The molecular formula is C14H30N2S. The molecule has 102 valence electrons. The summed E-state index contributed by atoms with van der Waals surface area (Å²) in [6.45, 7) is 14.0. The highest BCUT2D eigenvalue weighted by atomic mass is 32.2. The molecule has 0 aromatic carbocycles. The van der Waals surface area contributed by atoms with Crippen LogP contribution in [-0.4, -0.2) is 47.6 Å². The van der Waals surface area contributed by atoms with Crippen molar-refractivity contribution in [3.05, 3.63) is 0 Å². The van der Waals surface area contributed by atoms with Gasteiger partial charge in [0, 0.05) is 37.0 Å². The first-order valence-corrected chi connectivity index (χ1v) is 8.32. The molecule has 0 spiro atoms. The van der Waals surface area contributed by atoms with Crippen LogP contribution in [0.15, 0.2) is 0 Å². The van der Waals surface area contributed by atoms with Crippen LogP contribution in [0, 0.1) is 5.92 Å². The van der Waals surface area contributed by atoms with E-state index >= 15 is 0 Å². The second kappa shape index (κ2) is 7.65. The molecule has 1 heterocycles. The fraction of sp³-hybridized carbons (Fsp3) is 1.00. The zero-order valence-corrected chi connectivity index (χ0v) is 13.0. The Balaban J connectivity index is 2.55. The Morgan fingerprint density at radius 1 is 1.29 bits per heavy atom. The average molecular weight is 258 g/mol. The Morgan fingerprint density at radius 2 is 2.00 bits per heavy atom. The Bertz CT molecular complexity index is 208. The molecule has 1 aliphatic heterocycles. The second-order valence-electron chi connectivity index (χ2n) is 5.53. The lowest BCUT2D eigenvalue weighted by molar-refractivity contribution is 0.0828. The maximum atomic E-state index is 3.71. The monoisotopic (exact) mass is 258 g/mol. The lowest BCUT2D eigenvalue weighted by Crippen LogP contribution is -2.60. The zero-order chi connectivity index (χ0) is 12.8. The van der Waals surface area contributed by atoms with Gasteiger partial charge in [0.05, 0.1) is 0 Å². The molecule has 1 rings (SSSR count). The van der Waals surface area contributed by atoms with E-state index in [1.807, 2.05) is 0 Å². The Morgan fingerprint density at radius 3 is 2.53 bits per heavy atom. The standard InChI is InChI=1S/C14H30N2S/c1-6-13-8-15-14(11(3)4)9-16(13)12(5)10-17-7-2/h11-15H,6-10H2,1-5H3. The predicted octanol–water partition coefficient (Wildman–Crippen LogP) is 2.84. The summed E-state index contributed by atoms with van der Waals surface area (Å²) in [7, 11) is 0. The van der Waals surface area contributed by atoms with E-state index in [1.54, 1.807) is 0 Å². The molecule has 0 radical (unpaired) electrons. The third-order valence-corrected chi connectivity index (χ3v) is 5.02. The minimum Gasteiger partial charge on any atom is -0.311 e. The average Bonchev–Trinajstić information content (AvgIpc) is 2.34. The molecule has 1 N–H and O–H groups in total. The lowest BCUT2D eigenvalue weighted by Gasteiger charge is -2.44.